The summed E-state index contributed by atoms with van der Waals surface area (Å²) in [5, 5.41) is 14.1. The molecular weight excluding hydrogens is 378 g/mol. The van der Waals surface area contributed by atoms with Gasteiger partial charge in [-0.1, -0.05) is 30.3 Å². The van der Waals surface area contributed by atoms with Crippen molar-refractivity contribution in [1.29, 1.82) is 0 Å². The molecule has 1 aromatic rings. The Labute approximate surface area is 162 Å². The molecule has 1 aliphatic heterocycles. The van der Waals surface area contributed by atoms with E-state index in [-0.39, 0.29) is 23.9 Å². The summed E-state index contributed by atoms with van der Waals surface area (Å²) in [5.41, 5.74) is 5.59. The fraction of sp³-hybridized carbons (Fsp3) is 0.688. The number of halogens is 1. The van der Waals surface area contributed by atoms with Crippen LogP contribution in [0.4, 0.5) is 16.3 Å². The molecule has 10 heteroatoms. The predicted octanol–water partition coefficient (Wildman–Crippen LogP) is 2.61. The van der Waals surface area contributed by atoms with Crippen molar-refractivity contribution in [3.63, 3.8) is 0 Å². The second kappa shape index (κ2) is 8.49. The lowest BCUT2D eigenvalue weighted by Crippen LogP contribution is -2.36. The number of nitrogens with zero attached hydrogens (tertiary/aromatic N) is 3. The number of aliphatic hydroxyl groups is 1. The highest BCUT2D eigenvalue weighted by Crippen LogP contribution is 2.29. The molecule has 0 aliphatic carbocycles. The Morgan fingerprint density at radius 1 is 1.46 bits per heavy atom. The van der Waals surface area contributed by atoms with Crippen molar-refractivity contribution in [3.8, 4) is 0 Å². The second-order valence-electron chi connectivity index (χ2n) is 7.11. The summed E-state index contributed by atoms with van der Waals surface area (Å²) in [6.07, 6.45) is -0.263. The second-order valence-corrected chi connectivity index (χ2v) is 8.53. The standard InChI is InChI=1S/C16H26ClN5O3S/c1-5-6-26-14-20-12(17)11(18)13(21-14)19-9-7-22(8-10(9)23)15(24)25-16(2,3)4/h9-10,23H,5-8,18H2,1-4H3,(H,19,20,21)/t9-,10-/m1/s1. The minimum atomic E-state index is -0.776. The number of nitrogens with one attached hydrogen (secondary N) is 1. The van der Waals surface area contributed by atoms with Gasteiger partial charge in [-0.05, 0) is 27.2 Å². The van der Waals surface area contributed by atoms with Crippen LogP contribution in [0.1, 0.15) is 34.1 Å². The van der Waals surface area contributed by atoms with E-state index < -0.39 is 23.8 Å². The van der Waals surface area contributed by atoms with Crippen LogP contribution >= 0.6 is 23.4 Å². The van der Waals surface area contributed by atoms with Gasteiger partial charge < -0.3 is 25.8 Å². The summed E-state index contributed by atoms with van der Waals surface area (Å²) >= 11 is 7.57. The molecule has 1 aliphatic rings. The summed E-state index contributed by atoms with van der Waals surface area (Å²) in [6.45, 7) is 7.90. The molecule has 2 heterocycles. The lowest BCUT2D eigenvalue weighted by atomic mass is 10.2. The first kappa shape index (κ1) is 20.9. The third-order valence-electron chi connectivity index (χ3n) is 3.58. The maximum atomic E-state index is 12.2. The average Bonchev–Trinajstić information content (AvgIpc) is 2.89. The van der Waals surface area contributed by atoms with E-state index in [1.807, 2.05) is 0 Å². The number of ether oxygens (including phenoxy) is 1. The van der Waals surface area contributed by atoms with Gasteiger partial charge in [0.1, 0.15) is 11.3 Å². The fourth-order valence-corrected chi connectivity index (χ4v) is 3.29. The summed E-state index contributed by atoms with van der Waals surface area (Å²) in [7, 11) is 0. The molecule has 0 unspecified atom stereocenters. The number of aliphatic hydroxyl groups excluding tert-OH is 1. The Bertz CT molecular complexity index is 656. The van der Waals surface area contributed by atoms with Crippen molar-refractivity contribution in [2.24, 2.45) is 0 Å². The van der Waals surface area contributed by atoms with Crippen LogP contribution < -0.4 is 11.1 Å². The molecule has 8 nitrogen and oxygen atoms in total. The SMILES string of the molecule is CCCSc1nc(Cl)c(N)c(N[C@@H]2CN(C(=O)OC(C)(C)C)C[C@H]2O)n1. The van der Waals surface area contributed by atoms with Gasteiger partial charge in [-0.25, -0.2) is 14.8 Å². The summed E-state index contributed by atoms with van der Waals surface area (Å²) in [5.74, 6) is 1.22. The van der Waals surface area contributed by atoms with E-state index in [4.69, 9.17) is 22.1 Å². The number of nitrogen functional groups attached to an aromatic ring is 1. The molecule has 0 aromatic carbocycles. The smallest absolute Gasteiger partial charge is 0.410 e. The average molecular weight is 404 g/mol. The molecule has 0 saturated carbocycles. The van der Waals surface area contributed by atoms with Gasteiger partial charge in [0.25, 0.3) is 0 Å². The lowest BCUT2D eigenvalue weighted by Gasteiger charge is -2.24. The highest BCUT2D eigenvalue weighted by Gasteiger charge is 2.36. The minimum Gasteiger partial charge on any atom is -0.444 e. The quantitative estimate of drug-likeness (QED) is 0.390. The lowest BCUT2D eigenvalue weighted by molar-refractivity contribution is 0.0270. The van der Waals surface area contributed by atoms with Crippen LogP contribution in [0.3, 0.4) is 0 Å². The van der Waals surface area contributed by atoms with Crippen molar-refractivity contribution in [2.45, 2.75) is 57.0 Å². The van der Waals surface area contributed by atoms with Crippen LogP contribution in [0.5, 0.6) is 0 Å². The van der Waals surface area contributed by atoms with E-state index in [0.717, 1.165) is 12.2 Å². The molecule has 26 heavy (non-hydrogen) atoms. The molecule has 0 spiro atoms. The van der Waals surface area contributed by atoms with Gasteiger partial charge in [-0.3, -0.25) is 0 Å². The number of thioether (sulfide) groups is 1. The van der Waals surface area contributed by atoms with E-state index in [0.29, 0.717) is 11.0 Å². The zero-order valence-corrected chi connectivity index (χ0v) is 17.0. The molecular formula is C16H26ClN5O3S. The van der Waals surface area contributed by atoms with Crippen LogP contribution in [-0.2, 0) is 4.74 Å². The van der Waals surface area contributed by atoms with Gasteiger partial charge in [0.2, 0.25) is 0 Å². The molecule has 1 amide bonds. The topological polar surface area (TPSA) is 114 Å². The largest absolute Gasteiger partial charge is 0.444 e. The van der Waals surface area contributed by atoms with Gasteiger partial charge in [-0.15, -0.1) is 0 Å². The number of β-amino-alcohol motifs (C(OH)–C–C–N with tert-alkyl or cyclic N) is 1. The van der Waals surface area contributed by atoms with Crippen LogP contribution in [0.15, 0.2) is 5.16 Å². The Hall–Kier alpha value is -1.45. The summed E-state index contributed by atoms with van der Waals surface area (Å²) < 4.78 is 5.35. The number of nitrogens with two attached hydrogens (primary N) is 1. The minimum absolute atomic E-state index is 0.164. The molecule has 1 fully saturated rings. The van der Waals surface area contributed by atoms with Gasteiger partial charge in [0, 0.05) is 12.3 Å². The van der Waals surface area contributed by atoms with Gasteiger partial charge >= 0.3 is 6.09 Å². The number of rotatable bonds is 5. The molecule has 0 radical (unpaired) electrons. The zero-order valence-electron chi connectivity index (χ0n) is 15.5. The maximum Gasteiger partial charge on any atom is 0.410 e. The molecule has 1 aromatic heterocycles. The number of hydrogen-bond acceptors (Lipinski definition) is 8. The number of hydrogen-bond donors (Lipinski definition) is 3. The van der Waals surface area contributed by atoms with Crippen LogP contribution in [0, 0.1) is 0 Å². The van der Waals surface area contributed by atoms with E-state index in [1.54, 1.807) is 20.8 Å². The first-order valence-corrected chi connectivity index (χ1v) is 9.85. The van der Waals surface area contributed by atoms with Gasteiger partial charge in [0.05, 0.1) is 18.7 Å². The van der Waals surface area contributed by atoms with Gasteiger partial charge in [0.15, 0.2) is 16.1 Å². The zero-order chi connectivity index (χ0) is 19.5. The molecule has 2 atom stereocenters. The number of amides is 1. The van der Waals surface area contributed by atoms with Crippen molar-refractivity contribution in [3.05, 3.63) is 5.15 Å². The molecule has 146 valence electrons. The number of carbonyl (C=O) groups is 1. The van der Waals surface area contributed by atoms with E-state index in [9.17, 15) is 9.90 Å². The number of carbonyl (C=O) groups excluding carboxylic acids is 1. The molecule has 1 saturated heterocycles. The molecule has 2 rings (SSSR count). The third-order valence-corrected chi connectivity index (χ3v) is 4.92. The monoisotopic (exact) mass is 403 g/mol. The normalized spacial score (nSPS) is 20.3. The molecule has 0 bridgehead atoms. The highest BCUT2D eigenvalue weighted by molar-refractivity contribution is 7.99. The number of likely N-dealkylation sites (tertiary alicyclic amines) is 1. The van der Waals surface area contributed by atoms with E-state index in [1.165, 1.54) is 16.7 Å². The Balaban J connectivity index is 2.08. The van der Waals surface area contributed by atoms with Crippen molar-refractivity contribution in [1.82, 2.24) is 14.9 Å². The van der Waals surface area contributed by atoms with Crippen molar-refractivity contribution >= 4 is 41.0 Å². The number of aromatic nitrogens is 2. The van der Waals surface area contributed by atoms with Crippen LogP contribution in [-0.4, -0.2) is 62.7 Å². The van der Waals surface area contributed by atoms with Crippen LogP contribution in [0.2, 0.25) is 5.15 Å². The molecule has 4 N–H and O–H groups in total. The maximum absolute atomic E-state index is 12.2. The number of anilines is 2. The van der Waals surface area contributed by atoms with Crippen molar-refractivity contribution in [2.75, 3.05) is 29.9 Å². The third kappa shape index (κ3) is 5.52. The Morgan fingerprint density at radius 3 is 2.77 bits per heavy atom. The van der Waals surface area contributed by atoms with E-state index >= 15 is 0 Å². The summed E-state index contributed by atoms with van der Waals surface area (Å²) in [4.78, 5) is 22.2. The highest BCUT2D eigenvalue weighted by atomic mass is 35.5. The van der Waals surface area contributed by atoms with E-state index in [2.05, 4.69) is 22.2 Å². The first-order valence-electron chi connectivity index (χ1n) is 8.49. The Morgan fingerprint density at radius 2 is 2.15 bits per heavy atom. The fourth-order valence-electron chi connectivity index (χ4n) is 2.37. The van der Waals surface area contributed by atoms with Gasteiger partial charge in [-0.2, -0.15) is 0 Å². The Kier molecular flexibility index (Phi) is 6.81. The van der Waals surface area contributed by atoms with Crippen molar-refractivity contribution < 1.29 is 14.6 Å². The van der Waals surface area contributed by atoms with Crippen LogP contribution in [0.25, 0.3) is 0 Å². The summed E-state index contributed by atoms with van der Waals surface area (Å²) in [6, 6.07) is -0.431. The first-order chi connectivity index (χ1) is 12.1. The predicted molar refractivity (Wildman–Crippen MR) is 104 cm³/mol.